The van der Waals surface area contributed by atoms with Crippen LogP contribution in [0.25, 0.3) is 44.3 Å². The molecule has 0 saturated carbocycles. The van der Waals surface area contributed by atoms with E-state index < -0.39 is 8.07 Å². The summed E-state index contributed by atoms with van der Waals surface area (Å²) >= 11 is 0. The number of fused-ring (bicyclic) bond motifs is 4. The van der Waals surface area contributed by atoms with E-state index in [1.807, 2.05) is 12.3 Å². The van der Waals surface area contributed by atoms with Crippen molar-refractivity contribution in [2.75, 3.05) is 0 Å². The average Bonchev–Trinajstić information content (AvgIpc) is 3.67. The molecule has 0 radical (unpaired) electrons. The zero-order valence-electron chi connectivity index (χ0n) is 27.7. The van der Waals surface area contributed by atoms with Gasteiger partial charge in [-0.3, -0.25) is 0 Å². The van der Waals surface area contributed by atoms with Crippen molar-refractivity contribution >= 4 is 61.7 Å². The quantitative estimate of drug-likeness (QED) is 0.101. The molecule has 6 heteroatoms. The molecule has 3 heterocycles. The Morgan fingerprint density at radius 3 is 1.96 bits per heavy atom. The molecule has 244 valence electrons. The van der Waals surface area contributed by atoms with E-state index in [1.54, 1.807) is 0 Å². The van der Waals surface area contributed by atoms with Gasteiger partial charge < -0.3 is 4.57 Å². The van der Waals surface area contributed by atoms with Crippen LogP contribution in [0.15, 0.2) is 164 Å². The normalized spacial score (nSPS) is 11.6. The Labute approximate surface area is 307 Å². The molecule has 0 bridgehead atoms. The fourth-order valence-corrected chi connectivity index (χ4v) is 12.1. The van der Waals surface area contributed by atoms with Crippen molar-refractivity contribution in [3.8, 4) is 11.5 Å². The fraction of sp³-hybridized carbons (Fsp3) is 0.0455. The number of hydrogen-bond acceptors (Lipinski definition) is 1. The van der Waals surface area contributed by atoms with Crippen LogP contribution in [0.1, 0.15) is 5.56 Å². The van der Waals surface area contributed by atoms with Gasteiger partial charge in [0.05, 0.1) is 0 Å². The summed E-state index contributed by atoms with van der Waals surface area (Å²) in [6.45, 7) is 2.12. The van der Waals surface area contributed by atoms with Crippen molar-refractivity contribution in [1.29, 1.82) is 0 Å². The minimum Gasteiger partial charge on any atom is -0.319 e. The smallest absolute Gasteiger partial charge is 0.188 e. The second-order valence-electron chi connectivity index (χ2n) is 12.7. The van der Waals surface area contributed by atoms with Gasteiger partial charge in [-0.25, -0.2) is 14.1 Å². The maximum Gasteiger partial charge on any atom is 0.188 e. The van der Waals surface area contributed by atoms with E-state index in [1.165, 1.54) is 37.2 Å². The van der Waals surface area contributed by atoms with Crippen LogP contribution >= 0.6 is 0 Å². The van der Waals surface area contributed by atoms with E-state index in [0.717, 1.165) is 33.4 Å². The van der Waals surface area contributed by atoms with Crippen LogP contribution in [0.3, 0.4) is 0 Å². The molecule has 0 aliphatic rings. The molecule has 0 atom stereocenters. The molecule has 0 spiro atoms. The summed E-state index contributed by atoms with van der Waals surface area (Å²) < 4.78 is 6.71. The molecule has 0 amide bonds. The van der Waals surface area contributed by atoms with Crippen LogP contribution in [-0.4, -0.2) is 26.8 Å². The van der Waals surface area contributed by atoms with Gasteiger partial charge >= 0.3 is 0 Å². The van der Waals surface area contributed by atoms with Gasteiger partial charge in [-0.05, 0) is 58.6 Å². The second kappa shape index (κ2) is 12.8. The van der Waals surface area contributed by atoms with Crippen molar-refractivity contribution in [2.45, 2.75) is 6.92 Å². The summed E-state index contributed by atoms with van der Waals surface area (Å²) in [6, 6.07) is 62.7. The first kappa shape index (κ1) is 31.9. The predicted molar refractivity (Wildman–Crippen MR) is 205 cm³/mol. The molecule has 50 heavy (non-hydrogen) atoms. The number of aromatic nitrogens is 4. The summed E-state index contributed by atoms with van der Waals surface area (Å²) in [5.74, 6) is 0.896. The molecule has 9 aromatic rings. The maximum absolute atomic E-state index is 4.86. The third-order valence-electron chi connectivity index (χ3n) is 9.78. The number of nitrogens with zero attached hydrogens (tertiary/aromatic N) is 4. The van der Waals surface area contributed by atoms with Gasteiger partial charge in [0.2, 0.25) is 0 Å². The van der Waals surface area contributed by atoms with Crippen LogP contribution in [0.2, 0.25) is 0 Å². The monoisotopic (exact) mass is 840 g/mol. The van der Waals surface area contributed by atoms with E-state index in [2.05, 4.69) is 192 Å². The third kappa shape index (κ3) is 5.00. The zero-order valence-corrected chi connectivity index (χ0v) is 31.0. The Bertz CT molecular complexity index is 2600. The van der Waals surface area contributed by atoms with Crippen molar-refractivity contribution in [3.63, 3.8) is 0 Å². The van der Waals surface area contributed by atoms with E-state index >= 15 is 0 Å². The predicted octanol–water partition coefficient (Wildman–Crippen LogP) is 7.03. The SMILES string of the molecule is Cc1ccnc(-n2c3[c-]c([Si](c4[c-]c(-n5[cH+]n(C)c6ccccc65)ccc4)(c4ccccc4)c4ccccc4)ccc3c3ccccc32)c1.[Pt]. The third-order valence-corrected chi connectivity index (χ3v) is 14.4. The fourth-order valence-electron chi connectivity index (χ4n) is 7.57. The second-order valence-corrected chi connectivity index (χ2v) is 16.4. The first-order valence-corrected chi connectivity index (χ1v) is 18.6. The summed E-state index contributed by atoms with van der Waals surface area (Å²) in [7, 11) is -0.892. The molecular weight excluding hydrogens is 808 g/mol. The number of para-hydroxylation sites is 3. The van der Waals surface area contributed by atoms with Gasteiger partial charge in [-0.15, -0.1) is 22.7 Å². The van der Waals surface area contributed by atoms with Crippen LogP contribution in [0.4, 0.5) is 0 Å². The van der Waals surface area contributed by atoms with Crippen molar-refractivity contribution in [1.82, 2.24) is 18.7 Å². The Kier molecular flexibility index (Phi) is 8.18. The Balaban J connectivity index is 0.00000361. The van der Waals surface area contributed by atoms with Crippen LogP contribution in [0.5, 0.6) is 0 Å². The van der Waals surface area contributed by atoms with Crippen molar-refractivity contribution < 1.29 is 21.1 Å². The van der Waals surface area contributed by atoms with E-state index in [4.69, 9.17) is 4.98 Å². The standard InChI is InChI=1S/C44H33N4Si.Pt/c1-32-26-27-45-44(28-32)48-40-21-10-9-20-38(40)39-25-24-37(30-43(39)48)49(34-15-5-3-6-16-34,35-17-7-4-8-18-35)36-19-13-14-33(29-36)47-31-46(2)41-22-11-12-23-42(41)47;/h3-28,31H,1-2H3;/q-1;. The molecular formula is C44H33N4PtSi-. The van der Waals surface area contributed by atoms with E-state index in [9.17, 15) is 0 Å². The number of benzene rings is 6. The van der Waals surface area contributed by atoms with Crippen molar-refractivity contribution in [3.05, 3.63) is 182 Å². The van der Waals surface area contributed by atoms with Gasteiger partial charge in [0, 0.05) is 57.6 Å². The van der Waals surface area contributed by atoms with Gasteiger partial charge in [0.25, 0.3) is 0 Å². The summed E-state index contributed by atoms with van der Waals surface area (Å²) in [5.41, 5.74) is 6.65. The minimum absolute atomic E-state index is 0. The number of aryl methyl sites for hydroxylation is 2. The number of pyridine rings is 1. The number of imidazole rings is 1. The largest absolute Gasteiger partial charge is 0.319 e. The molecule has 0 aliphatic carbocycles. The van der Waals surface area contributed by atoms with Crippen LogP contribution in [-0.2, 0) is 28.1 Å². The van der Waals surface area contributed by atoms with Crippen LogP contribution < -0.4 is 20.7 Å². The summed E-state index contributed by atoms with van der Waals surface area (Å²) in [6.07, 6.45) is 4.05. The molecule has 4 nitrogen and oxygen atoms in total. The molecule has 0 saturated heterocycles. The zero-order chi connectivity index (χ0) is 33.0. The van der Waals surface area contributed by atoms with E-state index in [0.29, 0.717) is 0 Å². The first-order chi connectivity index (χ1) is 24.1. The summed E-state index contributed by atoms with van der Waals surface area (Å²) in [4.78, 5) is 4.86. The average molecular weight is 841 g/mol. The molecule has 0 fully saturated rings. The summed E-state index contributed by atoms with van der Waals surface area (Å²) in [5, 5.41) is 7.26. The Morgan fingerprint density at radius 1 is 0.600 bits per heavy atom. The van der Waals surface area contributed by atoms with Crippen LogP contribution in [0, 0.1) is 19.1 Å². The molecule has 9 rings (SSSR count). The Morgan fingerprint density at radius 2 is 1.24 bits per heavy atom. The molecule has 0 N–H and O–H groups in total. The van der Waals surface area contributed by atoms with Gasteiger partial charge in [0.1, 0.15) is 13.9 Å². The number of hydrogen-bond donors (Lipinski definition) is 0. The molecule has 6 aromatic carbocycles. The van der Waals surface area contributed by atoms with Gasteiger partial charge in [-0.1, -0.05) is 84.4 Å². The first-order valence-electron chi connectivity index (χ1n) is 16.6. The molecule has 0 unspecified atom stereocenters. The maximum atomic E-state index is 4.86. The minimum atomic E-state index is -2.99. The van der Waals surface area contributed by atoms with Gasteiger partial charge in [-0.2, -0.15) is 35.5 Å². The van der Waals surface area contributed by atoms with E-state index in [-0.39, 0.29) is 21.1 Å². The molecule has 3 aromatic heterocycles. The number of rotatable bonds is 6. The molecule has 0 aliphatic heterocycles. The Hall–Kier alpha value is -5.35. The topological polar surface area (TPSA) is 27.7 Å². The van der Waals surface area contributed by atoms with Crippen molar-refractivity contribution in [2.24, 2.45) is 7.05 Å². The van der Waals surface area contributed by atoms with Gasteiger partial charge in [0.15, 0.2) is 17.4 Å².